The lowest BCUT2D eigenvalue weighted by Crippen LogP contribution is -2.58. The Morgan fingerprint density at radius 2 is 1.82 bits per heavy atom. The molecule has 2 aliphatic rings. The van der Waals surface area contributed by atoms with Crippen molar-refractivity contribution in [3.63, 3.8) is 0 Å². The van der Waals surface area contributed by atoms with Crippen molar-refractivity contribution in [1.29, 1.82) is 0 Å². The molecular weight excluding hydrogens is 537 g/mol. The minimum Gasteiger partial charge on any atom is -0.382 e. The topological polar surface area (TPSA) is 122 Å². The molecule has 2 saturated heterocycles. The van der Waals surface area contributed by atoms with Crippen molar-refractivity contribution in [2.24, 2.45) is 5.73 Å². The molecular formula is C28H39Cl2N7O2. The summed E-state index contributed by atoms with van der Waals surface area (Å²) in [6, 6.07) is 7.04. The van der Waals surface area contributed by atoms with E-state index in [4.69, 9.17) is 34.7 Å². The number of anilines is 2. The molecule has 0 aliphatic carbocycles. The van der Waals surface area contributed by atoms with Crippen LogP contribution in [0.3, 0.4) is 0 Å². The lowest BCUT2D eigenvalue weighted by Gasteiger charge is -2.47. The molecule has 2 aromatic rings. The van der Waals surface area contributed by atoms with E-state index in [0.717, 1.165) is 76.4 Å². The first-order chi connectivity index (χ1) is 18.7. The lowest BCUT2D eigenvalue weighted by molar-refractivity contribution is -0.117. The van der Waals surface area contributed by atoms with E-state index < -0.39 is 5.91 Å². The first-order valence-electron chi connectivity index (χ1n) is 13.8. The van der Waals surface area contributed by atoms with Crippen molar-refractivity contribution < 1.29 is 9.59 Å². The number of rotatable bonds is 10. The van der Waals surface area contributed by atoms with Crippen LogP contribution in [0.2, 0.25) is 10.2 Å². The highest BCUT2D eigenvalue weighted by Crippen LogP contribution is 2.30. The van der Waals surface area contributed by atoms with E-state index in [2.05, 4.69) is 43.7 Å². The summed E-state index contributed by atoms with van der Waals surface area (Å²) in [7, 11) is 0. The predicted molar refractivity (Wildman–Crippen MR) is 156 cm³/mol. The molecule has 11 heteroatoms. The third-order valence-electron chi connectivity index (χ3n) is 7.96. The number of nitrogen functional groups attached to an aromatic ring is 1. The van der Waals surface area contributed by atoms with E-state index in [1.165, 1.54) is 11.1 Å². The summed E-state index contributed by atoms with van der Waals surface area (Å²) < 4.78 is 0. The molecule has 2 fully saturated rings. The summed E-state index contributed by atoms with van der Waals surface area (Å²) in [4.78, 5) is 38.7. The highest BCUT2D eigenvalue weighted by Gasteiger charge is 2.34. The zero-order chi connectivity index (χ0) is 28.1. The van der Waals surface area contributed by atoms with Crippen molar-refractivity contribution in [2.45, 2.75) is 71.0 Å². The number of Topliss-reactive ketones (excluding diaryl/α,β-unsaturated/α-hetero) is 1. The van der Waals surface area contributed by atoms with Gasteiger partial charge in [0.2, 0.25) is 0 Å². The second-order valence-electron chi connectivity index (χ2n) is 10.7. The number of ketones is 1. The maximum absolute atomic E-state index is 11.5. The minimum atomic E-state index is -0.740. The number of benzene rings is 1. The number of hydrogen-bond acceptors (Lipinski definition) is 8. The van der Waals surface area contributed by atoms with Gasteiger partial charge in [-0.05, 0) is 75.4 Å². The summed E-state index contributed by atoms with van der Waals surface area (Å²) in [5.41, 5.74) is 13.7. The van der Waals surface area contributed by atoms with Crippen LogP contribution in [0, 0.1) is 0 Å². The Hall–Kier alpha value is -2.46. The Morgan fingerprint density at radius 3 is 2.49 bits per heavy atom. The van der Waals surface area contributed by atoms with Crippen molar-refractivity contribution in [1.82, 2.24) is 19.8 Å². The average Bonchev–Trinajstić information content (AvgIpc) is 2.91. The van der Waals surface area contributed by atoms with Gasteiger partial charge in [-0.1, -0.05) is 36.2 Å². The number of halogens is 2. The molecule has 1 aromatic heterocycles. The second kappa shape index (κ2) is 13.3. The number of nitrogens with two attached hydrogens (primary N) is 2. The normalized spacial score (nSPS) is 19.4. The van der Waals surface area contributed by atoms with Gasteiger partial charge in [-0.15, -0.1) is 0 Å². The molecule has 1 amide bonds. The largest absolute Gasteiger partial charge is 0.382 e. The summed E-state index contributed by atoms with van der Waals surface area (Å²) in [6.07, 6.45) is 5.57. The molecule has 2 aliphatic heterocycles. The van der Waals surface area contributed by atoms with E-state index in [-0.39, 0.29) is 22.4 Å². The maximum atomic E-state index is 11.5. The Kier molecular flexibility index (Phi) is 10.0. The standard InChI is InChI=1S/C28H39Cl2N7O2/c1-3-22-17-36(28-25(30)33-24(27(32)39)26(31)34-28)13-14-37(22)23-9-11-35(12-10-23)16-20-7-8-21(29)15-19(20)6-4-5-18(2)38/h7-8,15,22-23H,3-6,9-14,16-17H2,1-2H3,(H2,31,34)(H2,32,39)/t22-/m0/s1. The van der Waals surface area contributed by atoms with Gasteiger partial charge in [0.15, 0.2) is 22.5 Å². The van der Waals surface area contributed by atoms with Gasteiger partial charge in [0.1, 0.15) is 5.78 Å². The fourth-order valence-corrected chi connectivity index (χ4v) is 6.31. The Morgan fingerprint density at radius 1 is 1.08 bits per heavy atom. The number of aromatic nitrogens is 2. The highest BCUT2D eigenvalue weighted by molar-refractivity contribution is 6.32. The molecule has 0 saturated carbocycles. The number of likely N-dealkylation sites (tertiary alicyclic amines) is 1. The van der Waals surface area contributed by atoms with Gasteiger partial charge in [0.05, 0.1) is 0 Å². The van der Waals surface area contributed by atoms with Crippen LogP contribution >= 0.6 is 23.2 Å². The molecule has 4 N–H and O–H groups in total. The van der Waals surface area contributed by atoms with E-state index in [9.17, 15) is 9.59 Å². The van der Waals surface area contributed by atoms with E-state index in [1.54, 1.807) is 6.92 Å². The van der Waals surface area contributed by atoms with Crippen LogP contribution in [-0.4, -0.2) is 76.3 Å². The molecule has 4 rings (SSSR count). The molecule has 0 spiro atoms. The molecule has 212 valence electrons. The number of aryl methyl sites for hydroxylation is 1. The van der Waals surface area contributed by atoms with E-state index in [0.29, 0.717) is 24.3 Å². The number of piperidine rings is 1. The zero-order valence-corrected chi connectivity index (χ0v) is 24.3. The van der Waals surface area contributed by atoms with Crippen LogP contribution < -0.4 is 16.4 Å². The van der Waals surface area contributed by atoms with E-state index in [1.807, 2.05) is 6.07 Å². The maximum Gasteiger partial charge on any atom is 0.271 e. The van der Waals surface area contributed by atoms with Crippen LogP contribution in [0.25, 0.3) is 0 Å². The molecule has 0 radical (unpaired) electrons. The summed E-state index contributed by atoms with van der Waals surface area (Å²) in [6.45, 7) is 9.28. The van der Waals surface area contributed by atoms with Crippen molar-refractivity contribution in [2.75, 3.05) is 43.4 Å². The van der Waals surface area contributed by atoms with Crippen molar-refractivity contribution >= 4 is 46.5 Å². The van der Waals surface area contributed by atoms with Gasteiger partial charge >= 0.3 is 0 Å². The summed E-state index contributed by atoms with van der Waals surface area (Å²) in [5.74, 6) is 0.00549. The number of hydrogen-bond donors (Lipinski definition) is 2. The second-order valence-corrected chi connectivity index (χ2v) is 11.5. The van der Waals surface area contributed by atoms with E-state index >= 15 is 0 Å². The first kappa shape index (κ1) is 29.5. The summed E-state index contributed by atoms with van der Waals surface area (Å²) >= 11 is 12.7. The van der Waals surface area contributed by atoms with Gasteiger partial charge in [0, 0.05) is 49.7 Å². The molecule has 1 aromatic carbocycles. The Labute approximate surface area is 240 Å². The third-order valence-corrected chi connectivity index (χ3v) is 8.45. The van der Waals surface area contributed by atoms with Crippen molar-refractivity contribution in [3.05, 3.63) is 45.2 Å². The molecule has 0 bridgehead atoms. The first-order valence-corrected chi connectivity index (χ1v) is 14.5. The smallest absolute Gasteiger partial charge is 0.271 e. The quantitative estimate of drug-likeness (QED) is 0.436. The highest BCUT2D eigenvalue weighted by atomic mass is 35.5. The molecule has 3 heterocycles. The van der Waals surface area contributed by atoms with Gasteiger partial charge in [-0.3, -0.25) is 14.6 Å². The molecule has 1 atom stereocenters. The van der Waals surface area contributed by atoms with Crippen LogP contribution in [0.15, 0.2) is 18.2 Å². The monoisotopic (exact) mass is 575 g/mol. The van der Waals surface area contributed by atoms with Crippen LogP contribution in [0.4, 0.5) is 11.6 Å². The minimum absolute atomic E-state index is 0.00690. The van der Waals surface area contributed by atoms with Gasteiger partial charge < -0.3 is 21.2 Å². The molecule has 9 nitrogen and oxygen atoms in total. The number of piperazine rings is 1. The number of carbonyl (C=O) groups excluding carboxylic acids is 2. The van der Waals surface area contributed by atoms with Gasteiger partial charge in [-0.25, -0.2) is 9.97 Å². The zero-order valence-electron chi connectivity index (χ0n) is 22.8. The Balaban J connectivity index is 1.35. The predicted octanol–water partition coefficient (Wildman–Crippen LogP) is 3.94. The third kappa shape index (κ3) is 7.39. The SMILES string of the molecule is CC[C@H]1CN(c2nc(N)c(C(N)=O)nc2Cl)CCN1C1CCN(Cc2ccc(Cl)cc2CCCC(C)=O)CC1. The fraction of sp³-hybridized carbons (Fsp3) is 0.571. The number of carbonyl (C=O) groups is 2. The fourth-order valence-electron chi connectivity index (χ4n) is 5.87. The molecule has 39 heavy (non-hydrogen) atoms. The summed E-state index contributed by atoms with van der Waals surface area (Å²) in [5, 5.41) is 0.899. The Bertz CT molecular complexity index is 1190. The van der Waals surface area contributed by atoms with Gasteiger partial charge in [-0.2, -0.15) is 0 Å². The van der Waals surface area contributed by atoms with Crippen molar-refractivity contribution in [3.8, 4) is 0 Å². The number of primary amides is 1. The van der Waals surface area contributed by atoms with Crippen LogP contribution in [-0.2, 0) is 17.8 Å². The van der Waals surface area contributed by atoms with Crippen LogP contribution in [0.1, 0.15) is 67.6 Å². The van der Waals surface area contributed by atoms with Gasteiger partial charge in [0.25, 0.3) is 5.91 Å². The number of amides is 1. The average molecular weight is 577 g/mol. The van der Waals surface area contributed by atoms with Crippen LogP contribution in [0.5, 0.6) is 0 Å². The molecule has 0 unspecified atom stereocenters. The number of nitrogens with zero attached hydrogens (tertiary/aromatic N) is 5. The lowest BCUT2D eigenvalue weighted by atomic mass is 9.96.